The molecule has 0 bridgehead atoms. The highest BCUT2D eigenvalue weighted by molar-refractivity contribution is 5.22. The lowest BCUT2D eigenvalue weighted by atomic mass is 9.89. The summed E-state index contributed by atoms with van der Waals surface area (Å²) < 4.78 is 0. The number of rotatable bonds is 4. The normalized spacial score (nSPS) is 14.3. The molecule has 0 amide bonds. The van der Waals surface area contributed by atoms with E-state index in [1.54, 1.807) is 0 Å². The van der Waals surface area contributed by atoms with Gasteiger partial charge in [0.05, 0.1) is 0 Å². The monoisotopic (exact) mass is 206 g/mol. The summed E-state index contributed by atoms with van der Waals surface area (Å²) in [5.74, 6) is 0. The Hall–Kier alpha value is -0.860. The first-order valence-corrected chi connectivity index (χ1v) is 5.51. The van der Waals surface area contributed by atoms with E-state index in [2.05, 4.69) is 57.3 Å². The standard InChI is InChI=1S/C13H22N2/c1-10(2)15-12(13(3,4)14)11-8-6-5-7-9-11/h5-10,12,15H,14H2,1-4H3. The van der Waals surface area contributed by atoms with Crippen molar-refractivity contribution in [3.05, 3.63) is 35.9 Å². The molecule has 15 heavy (non-hydrogen) atoms. The van der Waals surface area contributed by atoms with Gasteiger partial charge in [0.15, 0.2) is 0 Å². The molecule has 1 aromatic carbocycles. The van der Waals surface area contributed by atoms with Crippen LogP contribution in [0, 0.1) is 0 Å². The molecule has 1 aromatic rings. The van der Waals surface area contributed by atoms with Gasteiger partial charge in [-0.05, 0) is 19.4 Å². The minimum atomic E-state index is -0.258. The Morgan fingerprint density at radius 3 is 2.07 bits per heavy atom. The largest absolute Gasteiger partial charge is 0.324 e. The van der Waals surface area contributed by atoms with Crippen LogP contribution >= 0.6 is 0 Å². The highest BCUT2D eigenvalue weighted by Crippen LogP contribution is 2.23. The predicted molar refractivity (Wildman–Crippen MR) is 65.7 cm³/mol. The minimum absolute atomic E-state index is 0.193. The second kappa shape index (κ2) is 4.77. The van der Waals surface area contributed by atoms with E-state index in [0.29, 0.717) is 6.04 Å². The van der Waals surface area contributed by atoms with Gasteiger partial charge < -0.3 is 11.1 Å². The summed E-state index contributed by atoms with van der Waals surface area (Å²) in [7, 11) is 0. The lowest BCUT2D eigenvalue weighted by molar-refractivity contribution is 0.328. The van der Waals surface area contributed by atoms with E-state index in [1.165, 1.54) is 5.56 Å². The molecular weight excluding hydrogens is 184 g/mol. The van der Waals surface area contributed by atoms with Crippen molar-refractivity contribution in [2.45, 2.75) is 45.3 Å². The molecule has 0 heterocycles. The average Bonchev–Trinajstić information content (AvgIpc) is 2.14. The fraction of sp³-hybridized carbons (Fsp3) is 0.538. The van der Waals surface area contributed by atoms with Crippen LogP contribution in [0.25, 0.3) is 0 Å². The average molecular weight is 206 g/mol. The zero-order valence-electron chi connectivity index (χ0n) is 10.1. The number of hydrogen-bond donors (Lipinski definition) is 2. The fourth-order valence-corrected chi connectivity index (χ4v) is 1.72. The molecule has 0 spiro atoms. The number of benzene rings is 1. The summed E-state index contributed by atoms with van der Waals surface area (Å²) in [6, 6.07) is 11.0. The smallest absolute Gasteiger partial charge is 0.0499 e. The van der Waals surface area contributed by atoms with E-state index >= 15 is 0 Å². The Balaban J connectivity index is 2.92. The van der Waals surface area contributed by atoms with Gasteiger partial charge >= 0.3 is 0 Å². The molecule has 2 heteroatoms. The van der Waals surface area contributed by atoms with Gasteiger partial charge in [-0.15, -0.1) is 0 Å². The topological polar surface area (TPSA) is 38.0 Å². The molecule has 0 radical (unpaired) electrons. The maximum atomic E-state index is 6.20. The van der Waals surface area contributed by atoms with E-state index in [0.717, 1.165) is 0 Å². The van der Waals surface area contributed by atoms with Crippen LogP contribution in [0.15, 0.2) is 30.3 Å². The van der Waals surface area contributed by atoms with Crippen molar-refractivity contribution in [3.8, 4) is 0 Å². The van der Waals surface area contributed by atoms with Crippen molar-refractivity contribution in [2.24, 2.45) is 5.73 Å². The van der Waals surface area contributed by atoms with Crippen molar-refractivity contribution >= 4 is 0 Å². The van der Waals surface area contributed by atoms with Crippen LogP contribution < -0.4 is 11.1 Å². The van der Waals surface area contributed by atoms with Crippen molar-refractivity contribution in [1.82, 2.24) is 5.32 Å². The highest BCUT2D eigenvalue weighted by atomic mass is 15.0. The lowest BCUT2D eigenvalue weighted by Crippen LogP contribution is -2.48. The van der Waals surface area contributed by atoms with Gasteiger partial charge in [-0.25, -0.2) is 0 Å². The quantitative estimate of drug-likeness (QED) is 0.794. The molecule has 0 fully saturated rings. The third-order valence-corrected chi connectivity index (χ3v) is 2.38. The first-order chi connectivity index (χ1) is 6.91. The van der Waals surface area contributed by atoms with Crippen molar-refractivity contribution in [3.63, 3.8) is 0 Å². The van der Waals surface area contributed by atoms with Crippen LogP contribution in [-0.4, -0.2) is 11.6 Å². The molecular formula is C13H22N2. The van der Waals surface area contributed by atoms with Gasteiger partial charge in [-0.1, -0.05) is 44.2 Å². The number of nitrogens with one attached hydrogen (secondary N) is 1. The Morgan fingerprint density at radius 1 is 1.13 bits per heavy atom. The van der Waals surface area contributed by atoms with Gasteiger partial charge in [-0.3, -0.25) is 0 Å². The van der Waals surface area contributed by atoms with Crippen LogP contribution in [0.3, 0.4) is 0 Å². The first-order valence-electron chi connectivity index (χ1n) is 5.51. The first kappa shape index (κ1) is 12.2. The molecule has 1 rings (SSSR count). The number of hydrogen-bond acceptors (Lipinski definition) is 2. The second-order valence-electron chi connectivity index (χ2n) is 4.99. The Labute approximate surface area is 92.9 Å². The third kappa shape index (κ3) is 3.65. The Kier molecular flexibility index (Phi) is 3.89. The van der Waals surface area contributed by atoms with Gasteiger partial charge in [0.1, 0.15) is 0 Å². The van der Waals surface area contributed by atoms with E-state index < -0.39 is 0 Å². The van der Waals surface area contributed by atoms with Gasteiger partial charge in [-0.2, -0.15) is 0 Å². The Morgan fingerprint density at radius 2 is 1.67 bits per heavy atom. The van der Waals surface area contributed by atoms with E-state index in [9.17, 15) is 0 Å². The molecule has 3 N–H and O–H groups in total. The number of nitrogens with two attached hydrogens (primary N) is 1. The van der Waals surface area contributed by atoms with Crippen molar-refractivity contribution in [2.75, 3.05) is 0 Å². The fourth-order valence-electron chi connectivity index (χ4n) is 1.72. The van der Waals surface area contributed by atoms with Crippen LogP contribution in [0.4, 0.5) is 0 Å². The molecule has 0 saturated heterocycles. The molecule has 84 valence electrons. The van der Waals surface area contributed by atoms with Crippen LogP contribution in [0.2, 0.25) is 0 Å². The van der Waals surface area contributed by atoms with Crippen LogP contribution in [-0.2, 0) is 0 Å². The molecule has 0 aliphatic rings. The van der Waals surface area contributed by atoms with Crippen LogP contribution in [0.5, 0.6) is 0 Å². The SMILES string of the molecule is CC(C)NC(c1ccccc1)C(C)(C)N. The molecule has 2 nitrogen and oxygen atoms in total. The molecule has 1 unspecified atom stereocenters. The lowest BCUT2D eigenvalue weighted by Gasteiger charge is -2.33. The summed E-state index contributed by atoms with van der Waals surface area (Å²) >= 11 is 0. The second-order valence-corrected chi connectivity index (χ2v) is 4.99. The predicted octanol–water partition coefficient (Wildman–Crippen LogP) is 2.46. The van der Waals surface area contributed by atoms with Gasteiger partial charge in [0.25, 0.3) is 0 Å². The van der Waals surface area contributed by atoms with Crippen molar-refractivity contribution in [1.29, 1.82) is 0 Å². The summed E-state index contributed by atoms with van der Waals surface area (Å²) in [5, 5.41) is 3.51. The Bertz CT molecular complexity index is 285. The molecule has 0 saturated carbocycles. The minimum Gasteiger partial charge on any atom is -0.324 e. The van der Waals surface area contributed by atoms with Crippen molar-refractivity contribution < 1.29 is 0 Å². The van der Waals surface area contributed by atoms with Gasteiger partial charge in [0, 0.05) is 17.6 Å². The van der Waals surface area contributed by atoms with E-state index in [4.69, 9.17) is 5.73 Å². The highest BCUT2D eigenvalue weighted by Gasteiger charge is 2.26. The third-order valence-electron chi connectivity index (χ3n) is 2.38. The maximum absolute atomic E-state index is 6.20. The van der Waals surface area contributed by atoms with E-state index in [1.807, 2.05) is 6.07 Å². The molecule has 0 aliphatic heterocycles. The summed E-state index contributed by atoms with van der Waals surface area (Å²) in [4.78, 5) is 0. The molecule has 1 atom stereocenters. The van der Waals surface area contributed by atoms with Gasteiger partial charge in [0.2, 0.25) is 0 Å². The summed E-state index contributed by atoms with van der Waals surface area (Å²) in [6.45, 7) is 8.39. The molecule has 0 aliphatic carbocycles. The zero-order valence-corrected chi connectivity index (χ0v) is 10.1. The zero-order chi connectivity index (χ0) is 11.5. The molecule has 0 aromatic heterocycles. The van der Waals surface area contributed by atoms with Crippen LogP contribution in [0.1, 0.15) is 39.3 Å². The summed E-state index contributed by atoms with van der Waals surface area (Å²) in [6.07, 6.45) is 0. The maximum Gasteiger partial charge on any atom is 0.0499 e. The summed E-state index contributed by atoms with van der Waals surface area (Å²) in [5.41, 5.74) is 7.19. The van der Waals surface area contributed by atoms with E-state index in [-0.39, 0.29) is 11.6 Å².